The van der Waals surface area contributed by atoms with Gasteiger partial charge in [0.15, 0.2) is 0 Å². The van der Waals surface area contributed by atoms with Gasteiger partial charge in [0.05, 0.1) is 42.4 Å². The van der Waals surface area contributed by atoms with E-state index in [1.165, 1.54) is 30.8 Å². The lowest BCUT2D eigenvalue weighted by Crippen LogP contribution is -2.33. The summed E-state index contributed by atoms with van der Waals surface area (Å²) in [5.74, 6) is 0.534. The molecule has 5 aromatic heterocycles. The first-order valence-electron chi connectivity index (χ1n) is 8.73. The SMILES string of the molecule is COc1cnc(Cl)c(-c2cc3[nH]c(=O)n(-c4cncc5cnn(C)c45)c(=O)c3s2)c1. The number of rotatable bonds is 3. The molecule has 0 aliphatic carbocycles. The van der Waals surface area contributed by atoms with Crippen LogP contribution in [0.1, 0.15) is 0 Å². The van der Waals surface area contributed by atoms with Crippen molar-refractivity contribution in [3.63, 3.8) is 0 Å². The molecule has 0 saturated heterocycles. The molecule has 0 radical (unpaired) electrons. The van der Waals surface area contributed by atoms with Crippen molar-refractivity contribution in [3.05, 3.63) is 62.9 Å². The average Bonchev–Trinajstić information content (AvgIpc) is 3.33. The van der Waals surface area contributed by atoms with E-state index in [0.29, 0.717) is 37.6 Å². The summed E-state index contributed by atoms with van der Waals surface area (Å²) < 4.78 is 8.27. The molecule has 0 unspecified atom stereocenters. The first kappa shape index (κ1) is 18.5. The topological polar surface area (TPSA) is 108 Å². The van der Waals surface area contributed by atoms with Gasteiger partial charge in [-0.25, -0.2) is 14.3 Å². The molecule has 5 aromatic rings. The fourth-order valence-corrected chi connectivity index (χ4v) is 4.67. The molecule has 5 heterocycles. The van der Waals surface area contributed by atoms with Gasteiger partial charge in [0.25, 0.3) is 5.56 Å². The Kier molecular flexibility index (Phi) is 4.19. The maximum Gasteiger partial charge on any atom is 0.333 e. The summed E-state index contributed by atoms with van der Waals surface area (Å²) in [7, 11) is 3.27. The van der Waals surface area contributed by atoms with Crippen LogP contribution in [0.5, 0.6) is 5.75 Å². The normalized spacial score (nSPS) is 11.4. The second-order valence-electron chi connectivity index (χ2n) is 6.50. The number of thiophene rings is 1. The van der Waals surface area contributed by atoms with E-state index in [9.17, 15) is 9.59 Å². The van der Waals surface area contributed by atoms with Gasteiger partial charge in [-0.2, -0.15) is 5.10 Å². The Balaban J connectivity index is 1.79. The number of hydrogen-bond acceptors (Lipinski definition) is 7. The zero-order valence-electron chi connectivity index (χ0n) is 15.7. The molecule has 1 N–H and O–H groups in total. The number of H-pyrrole nitrogens is 1. The highest BCUT2D eigenvalue weighted by atomic mass is 35.5. The summed E-state index contributed by atoms with van der Waals surface area (Å²) in [6.45, 7) is 0. The molecule has 11 heteroatoms. The lowest BCUT2D eigenvalue weighted by molar-refractivity contribution is 0.413. The molecule has 0 spiro atoms. The van der Waals surface area contributed by atoms with Crippen LogP contribution in [-0.2, 0) is 7.05 Å². The number of ether oxygens (including phenoxy) is 1. The van der Waals surface area contributed by atoms with Crippen molar-refractivity contribution >= 4 is 44.1 Å². The van der Waals surface area contributed by atoms with Crippen molar-refractivity contribution in [2.24, 2.45) is 7.05 Å². The maximum absolute atomic E-state index is 13.3. The number of hydrogen-bond donors (Lipinski definition) is 1. The zero-order chi connectivity index (χ0) is 21.0. The van der Waals surface area contributed by atoms with Gasteiger partial charge in [-0.1, -0.05) is 11.6 Å². The summed E-state index contributed by atoms with van der Waals surface area (Å²) in [4.78, 5) is 37.9. The van der Waals surface area contributed by atoms with Crippen molar-refractivity contribution < 1.29 is 4.74 Å². The van der Waals surface area contributed by atoms with Crippen molar-refractivity contribution in [2.45, 2.75) is 0 Å². The monoisotopic (exact) mass is 440 g/mol. The van der Waals surface area contributed by atoms with E-state index in [1.54, 1.807) is 36.3 Å². The lowest BCUT2D eigenvalue weighted by Gasteiger charge is -2.06. The molecule has 5 rings (SSSR count). The predicted octanol–water partition coefficient (Wildman–Crippen LogP) is 2.75. The Hall–Kier alpha value is -3.50. The summed E-state index contributed by atoms with van der Waals surface area (Å²) >= 11 is 7.46. The maximum atomic E-state index is 13.3. The van der Waals surface area contributed by atoms with Crippen LogP contribution in [0.2, 0.25) is 5.15 Å². The quantitative estimate of drug-likeness (QED) is 0.432. The van der Waals surface area contributed by atoms with Gasteiger partial charge in [0.2, 0.25) is 0 Å². The average molecular weight is 441 g/mol. The number of nitrogens with zero attached hydrogens (tertiary/aromatic N) is 5. The van der Waals surface area contributed by atoms with Gasteiger partial charge in [-0.3, -0.25) is 14.5 Å². The number of aromatic nitrogens is 6. The number of aromatic amines is 1. The van der Waals surface area contributed by atoms with E-state index >= 15 is 0 Å². The largest absolute Gasteiger partial charge is 0.495 e. The van der Waals surface area contributed by atoms with E-state index in [1.807, 2.05) is 0 Å². The summed E-state index contributed by atoms with van der Waals surface area (Å²) in [5, 5.41) is 5.19. The van der Waals surface area contributed by atoms with Gasteiger partial charge in [-0.15, -0.1) is 11.3 Å². The molecule has 0 saturated carbocycles. The van der Waals surface area contributed by atoms with Crippen LogP contribution in [-0.4, -0.2) is 36.4 Å². The van der Waals surface area contributed by atoms with Crippen molar-refractivity contribution in [1.82, 2.24) is 29.3 Å². The third kappa shape index (κ3) is 2.72. The molecule has 30 heavy (non-hydrogen) atoms. The number of nitrogens with one attached hydrogen (secondary N) is 1. The van der Waals surface area contributed by atoms with E-state index < -0.39 is 11.2 Å². The molecule has 0 aliphatic rings. The summed E-state index contributed by atoms with van der Waals surface area (Å²) in [5.41, 5.74) is 1.00. The first-order valence-corrected chi connectivity index (χ1v) is 9.92. The first-order chi connectivity index (χ1) is 14.5. The molecule has 0 fully saturated rings. The second-order valence-corrected chi connectivity index (χ2v) is 7.91. The molecular formula is C19H13ClN6O3S. The van der Waals surface area contributed by atoms with Crippen LogP contribution in [0.3, 0.4) is 0 Å². The van der Waals surface area contributed by atoms with Crippen LogP contribution >= 0.6 is 22.9 Å². The second kappa shape index (κ2) is 6.78. The fraction of sp³-hybridized carbons (Fsp3) is 0.105. The summed E-state index contributed by atoms with van der Waals surface area (Å²) in [6.07, 6.45) is 6.24. The molecule has 0 aliphatic heterocycles. The van der Waals surface area contributed by atoms with Crippen LogP contribution in [0, 0.1) is 0 Å². The standard InChI is InChI=1S/C19H13ClN6O3S/c1-25-15-9(6-23-25)5-21-8-13(15)26-18(27)16-12(24-19(26)28)4-14(30-16)11-3-10(29-2)7-22-17(11)20/h3-8H,1-2H3,(H,24,28). The van der Waals surface area contributed by atoms with Gasteiger partial charge < -0.3 is 9.72 Å². The minimum absolute atomic E-state index is 0.272. The Morgan fingerprint density at radius 1 is 1.17 bits per heavy atom. The Morgan fingerprint density at radius 2 is 2.00 bits per heavy atom. The Morgan fingerprint density at radius 3 is 2.80 bits per heavy atom. The number of fused-ring (bicyclic) bond motifs is 2. The molecule has 150 valence electrons. The number of aryl methyl sites for hydroxylation is 1. The predicted molar refractivity (Wildman–Crippen MR) is 115 cm³/mol. The molecular weight excluding hydrogens is 428 g/mol. The number of halogens is 1. The van der Waals surface area contributed by atoms with Gasteiger partial charge >= 0.3 is 5.69 Å². The molecule has 0 atom stereocenters. The van der Waals surface area contributed by atoms with E-state index in [2.05, 4.69) is 20.1 Å². The van der Waals surface area contributed by atoms with Crippen molar-refractivity contribution in [2.75, 3.05) is 7.11 Å². The van der Waals surface area contributed by atoms with Crippen molar-refractivity contribution in [3.8, 4) is 21.9 Å². The van der Waals surface area contributed by atoms with Crippen LogP contribution in [0.25, 0.3) is 37.2 Å². The number of pyridine rings is 2. The fourth-order valence-electron chi connectivity index (χ4n) is 3.35. The minimum atomic E-state index is -0.567. The van der Waals surface area contributed by atoms with Crippen LogP contribution in [0.4, 0.5) is 0 Å². The van der Waals surface area contributed by atoms with E-state index in [-0.39, 0.29) is 5.15 Å². The van der Waals surface area contributed by atoms with Gasteiger partial charge in [0, 0.05) is 29.1 Å². The van der Waals surface area contributed by atoms with Crippen LogP contribution < -0.4 is 16.0 Å². The highest BCUT2D eigenvalue weighted by Crippen LogP contribution is 2.36. The van der Waals surface area contributed by atoms with Gasteiger partial charge in [-0.05, 0) is 12.1 Å². The Labute approximate surface area is 177 Å². The summed E-state index contributed by atoms with van der Waals surface area (Å²) in [6, 6.07) is 3.44. The highest BCUT2D eigenvalue weighted by Gasteiger charge is 2.18. The van der Waals surface area contributed by atoms with Crippen molar-refractivity contribution in [1.29, 1.82) is 0 Å². The molecule has 0 bridgehead atoms. The van der Waals surface area contributed by atoms with Gasteiger partial charge in [0.1, 0.15) is 15.6 Å². The molecule has 0 amide bonds. The third-order valence-electron chi connectivity index (χ3n) is 4.75. The molecule has 9 nitrogen and oxygen atoms in total. The number of methoxy groups -OCH3 is 1. The lowest BCUT2D eigenvalue weighted by atomic mass is 10.2. The highest BCUT2D eigenvalue weighted by molar-refractivity contribution is 7.22. The van der Waals surface area contributed by atoms with E-state index in [4.69, 9.17) is 16.3 Å². The smallest absolute Gasteiger partial charge is 0.333 e. The molecule has 0 aromatic carbocycles. The zero-order valence-corrected chi connectivity index (χ0v) is 17.3. The third-order valence-corrected chi connectivity index (χ3v) is 6.21. The minimum Gasteiger partial charge on any atom is -0.495 e. The van der Waals surface area contributed by atoms with Crippen LogP contribution in [0.15, 0.2) is 46.5 Å². The van der Waals surface area contributed by atoms with E-state index in [0.717, 1.165) is 9.95 Å². The Bertz CT molecular complexity index is 1560.